The van der Waals surface area contributed by atoms with E-state index < -0.39 is 7.12 Å². The Bertz CT molecular complexity index is 1130. The third-order valence-electron chi connectivity index (χ3n) is 7.26. The maximum absolute atomic E-state index is 6.35. The number of rotatable bonds is 2. The van der Waals surface area contributed by atoms with E-state index in [-0.39, 0.29) is 16.6 Å². The van der Waals surface area contributed by atoms with Crippen LogP contribution < -0.4 is 5.46 Å². The minimum Gasteiger partial charge on any atom is -0.399 e. The fourth-order valence-electron chi connectivity index (χ4n) is 4.69. The maximum atomic E-state index is 6.35. The number of hydrogen-bond donors (Lipinski definition) is 0. The highest BCUT2D eigenvalue weighted by atomic mass is 16.7. The van der Waals surface area contributed by atoms with Crippen molar-refractivity contribution >= 4 is 12.6 Å². The number of fused-ring (bicyclic) bond motifs is 3. The lowest BCUT2D eigenvalue weighted by atomic mass is 9.74. The molecular formula is C26H28BNO2. The van der Waals surface area contributed by atoms with Crippen molar-refractivity contribution in [2.45, 2.75) is 58.2 Å². The number of benzene rings is 2. The SMILES string of the molecule is CC1(C)c2ccccc2-c2ccc(-c3cnccc3B3OC(C)(C)C(C)(C)O3)cc21. The monoisotopic (exact) mass is 397 g/mol. The Kier molecular flexibility index (Phi) is 4.09. The van der Waals surface area contributed by atoms with Crippen molar-refractivity contribution in [2.24, 2.45) is 0 Å². The van der Waals surface area contributed by atoms with Crippen LogP contribution in [0, 0.1) is 0 Å². The molecule has 0 atom stereocenters. The second kappa shape index (κ2) is 6.29. The van der Waals surface area contributed by atoms with Gasteiger partial charge < -0.3 is 9.31 Å². The third-order valence-corrected chi connectivity index (χ3v) is 7.26. The highest BCUT2D eigenvalue weighted by Gasteiger charge is 2.52. The summed E-state index contributed by atoms with van der Waals surface area (Å²) in [6, 6.07) is 17.5. The first-order chi connectivity index (χ1) is 14.1. The lowest BCUT2D eigenvalue weighted by molar-refractivity contribution is 0.00578. The number of nitrogens with zero attached hydrogens (tertiary/aromatic N) is 1. The zero-order valence-electron chi connectivity index (χ0n) is 18.6. The van der Waals surface area contributed by atoms with E-state index in [4.69, 9.17) is 9.31 Å². The molecule has 0 spiro atoms. The predicted molar refractivity (Wildman–Crippen MR) is 123 cm³/mol. The molecule has 2 aromatic carbocycles. The van der Waals surface area contributed by atoms with Gasteiger partial charge in [-0.3, -0.25) is 4.98 Å². The molecule has 5 rings (SSSR count). The van der Waals surface area contributed by atoms with Gasteiger partial charge in [0.1, 0.15) is 0 Å². The van der Waals surface area contributed by atoms with Crippen molar-refractivity contribution in [1.82, 2.24) is 4.98 Å². The van der Waals surface area contributed by atoms with E-state index in [1.807, 2.05) is 18.5 Å². The predicted octanol–water partition coefficient (Wildman–Crippen LogP) is 5.35. The third kappa shape index (κ3) is 2.70. The van der Waals surface area contributed by atoms with Crippen LogP contribution in [0.2, 0.25) is 0 Å². The first kappa shape index (κ1) is 19.5. The van der Waals surface area contributed by atoms with Gasteiger partial charge in [-0.05, 0) is 78.7 Å². The van der Waals surface area contributed by atoms with Gasteiger partial charge in [-0.25, -0.2) is 0 Å². The standard InChI is InChI=1S/C26H28BNO2/c1-24(2)21-10-8-7-9-18(21)19-12-11-17(15-22(19)24)20-16-28-14-13-23(20)27-29-25(3,4)26(5,6)30-27/h7-16H,1-6H3. The van der Waals surface area contributed by atoms with Gasteiger partial charge in [-0.15, -0.1) is 0 Å². The van der Waals surface area contributed by atoms with Crippen LogP contribution in [0.3, 0.4) is 0 Å². The van der Waals surface area contributed by atoms with Gasteiger partial charge in [0, 0.05) is 17.8 Å². The molecule has 0 radical (unpaired) electrons. The molecule has 1 aliphatic carbocycles. The first-order valence-corrected chi connectivity index (χ1v) is 10.7. The molecule has 0 unspecified atom stereocenters. The van der Waals surface area contributed by atoms with Gasteiger partial charge in [-0.1, -0.05) is 50.2 Å². The Labute approximate surface area is 179 Å². The Balaban J connectivity index is 1.61. The number of aromatic nitrogens is 1. The zero-order chi connectivity index (χ0) is 21.3. The van der Waals surface area contributed by atoms with E-state index >= 15 is 0 Å². The lowest BCUT2D eigenvalue weighted by Crippen LogP contribution is -2.41. The van der Waals surface area contributed by atoms with Crippen molar-refractivity contribution in [3.05, 3.63) is 72.1 Å². The molecule has 0 bridgehead atoms. The summed E-state index contributed by atoms with van der Waals surface area (Å²) < 4.78 is 12.7. The Morgan fingerprint density at radius 2 is 1.40 bits per heavy atom. The van der Waals surface area contributed by atoms with E-state index in [9.17, 15) is 0 Å². The van der Waals surface area contributed by atoms with E-state index in [0.29, 0.717) is 0 Å². The summed E-state index contributed by atoms with van der Waals surface area (Å²) in [5.74, 6) is 0. The summed E-state index contributed by atoms with van der Waals surface area (Å²) in [6.45, 7) is 13.0. The molecule has 3 nitrogen and oxygen atoms in total. The van der Waals surface area contributed by atoms with Crippen LogP contribution in [0.15, 0.2) is 60.9 Å². The molecule has 1 saturated heterocycles. The van der Waals surface area contributed by atoms with Crippen molar-refractivity contribution in [2.75, 3.05) is 0 Å². The van der Waals surface area contributed by atoms with E-state index in [1.165, 1.54) is 22.3 Å². The fraction of sp³-hybridized carbons (Fsp3) is 0.346. The van der Waals surface area contributed by atoms with E-state index in [1.54, 1.807) is 0 Å². The van der Waals surface area contributed by atoms with Crippen molar-refractivity contribution < 1.29 is 9.31 Å². The second-order valence-corrected chi connectivity index (χ2v) is 9.98. The van der Waals surface area contributed by atoms with Gasteiger partial charge >= 0.3 is 7.12 Å². The molecule has 3 aromatic rings. The van der Waals surface area contributed by atoms with E-state index in [0.717, 1.165) is 16.6 Å². The van der Waals surface area contributed by atoms with Crippen molar-refractivity contribution in [3.8, 4) is 22.3 Å². The van der Waals surface area contributed by atoms with Gasteiger partial charge in [0.15, 0.2) is 0 Å². The van der Waals surface area contributed by atoms with Crippen LogP contribution in [-0.4, -0.2) is 23.3 Å². The Morgan fingerprint density at radius 3 is 2.13 bits per heavy atom. The highest BCUT2D eigenvalue weighted by molar-refractivity contribution is 6.63. The van der Waals surface area contributed by atoms with Crippen molar-refractivity contribution in [3.63, 3.8) is 0 Å². The van der Waals surface area contributed by atoms with Crippen LogP contribution in [0.25, 0.3) is 22.3 Å². The summed E-state index contributed by atoms with van der Waals surface area (Å²) in [4.78, 5) is 4.42. The summed E-state index contributed by atoms with van der Waals surface area (Å²) >= 11 is 0. The molecule has 0 amide bonds. The van der Waals surface area contributed by atoms with Gasteiger partial charge in [-0.2, -0.15) is 0 Å². The van der Waals surface area contributed by atoms with Crippen LogP contribution in [-0.2, 0) is 14.7 Å². The van der Waals surface area contributed by atoms with Crippen LogP contribution in [0.1, 0.15) is 52.7 Å². The van der Waals surface area contributed by atoms with Crippen molar-refractivity contribution in [1.29, 1.82) is 0 Å². The van der Waals surface area contributed by atoms with Gasteiger partial charge in [0.2, 0.25) is 0 Å². The second-order valence-electron chi connectivity index (χ2n) is 9.98. The average Bonchev–Trinajstić information content (AvgIpc) is 3.08. The molecular weight excluding hydrogens is 369 g/mol. The average molecular weight is 397 g/mol. The quantitative estimate of drug-likeness (QED) is 0.546. The molecule has 1 aliphatic heterocycles. The molecule has 30 heavy (non-hydrogen) atoms. The molecule has 152 valence electrons. The molecule has 0 saturated carbocycles. The molecule has 2 aliphatic rings. The summed E-state index contributed by atoms with van der Waals surface area (Å²) in [5, 5.41) is 0. The minimum atomic E-state index is -0.411. The van der Waals surface area contributed by atoms with E-state index in [2.05, 4.69) is 89.0 Å². The lowest BCUT2D eigenvalue weighted by Gasteiger charge is -2.32. The van der Waals surface area contributed by atoms with Crippen LogP contribution >= 0.6 is 0 Å². The fourth-order valence-corrected chi connectivity index (χ4v) is 4.69. The summed E-state index contributed by atoms with van der Waals surface area (Å²) in [7, 11) is -0.411. The zero-order valence-corrected chi connectivity index (χ0v) is 18.6. The summed E-state index contributed by atoms with van der Waals surface area (Å²) in [6.07, 6.45) is 3.74. The maximum Gasteiger partial charge on any atom is 0.495 e. The minimum absolute atomic E-state index is 0.0331. The molecule has 4 heteroatoms. The normalized spacial score (nSPS) is 20.1. The smallest absolute Gasteiger partial charge is 0.399 e. The molecule has 0 N–H and O–H groups in total. The molecule has 1 fully saturated rings. The number of pyridine rings is 1. The summed E-state index contributed by atoms with van der Waals surface area (Å²) in [5.41, 5.74) is 7.84. The van der Waals surface area contributed by atoms with Crippen LogP contribution in [0.4, 0.5) is 0 Å². The van der Waals surface area contributed by atoms with Gasteiger partial charge in [0.05, 0.1) is 11.2 Å². The van der Waals surface area contributed by atoms with Crippen LogP contribution in [0.5, 0.6) is 0 Å². The highest BCUT2D eigenvalue weighted by Crippen LogP contribution is 2.49. The Morgan fingerprint density at radius 1 is 0.733 bits per heavy atom. The molecule has 1 aromatic heterocycles. The Hall–Kier alpha value is -2.43. The molecule has 2 heterocycles. The number of hydrogen-bond acceptors (Lipinski definition) is 3. The largest absolute Gasteiger partial charge is 0.495 e. The van der Waals surface area contributed by atoms with Gasteiger partial charge in [0.25, 0.3) is 0 Å². The topological polar surface area (TPSA) is 31.4 Å². The first-order valence-electron chi connectivity index (χ1n) is 10.7.